The van der Waals surface area contributed by atoms with Crippen LogP contribution in [0.25, 0.3) is 0 Å². The van der Waals surface area contributed by atoms with Gasteiger partial charge >= 0.3 is 0 Å². The maximum atomic E-state index is 11.6. The van der Waals surface area contributed by atoms with Crippen molar-refractivity contribution in [3.63, 3.8) is 0 Å². The lowest BCUT2D eigenvalue weighted by molar-refractivity contribution is -0.122. The van der Waals surface area contributed by atoms with Crippen LogP contribution in [0.5, 0.6) is 0 Å². The summed E-state index contributed by atoms with van der Waals surface area (Å²) in [5, 5.41) is 0. The number of carbonyl (C=O) groups excluding carboxylic acids is 2. The van der Waals surface area contributed by atoms with Gasteiger partial charge in [0.1, 0.15) is 11.2 Å². The van der Waals surface area contributed by atoms with Crippen molar-refractivity contribution in [2.24, 2.45) is 11.5 Å². The predicted octanol–water partition coefficient (Wildman–Crippen LogP) is -0.231. The zero-order chi connectivity index (χ0) is 12.5. The number of aromatic nitrogens is 1. The fourth-order valence-corrected chi connectivity index (χ4v) is 1.81. The van der Waals surface area contributed by atoms with Crippen LogP contribution in [-0.2, 0) is 15.0 Å². The minimum atomic E-state index is -1.18. The molecule has 1 atom stereocenters. The Morgan fingerprint density at radius 2 is 2.18 bits per heavy atom. The van der Waals surface area contributed by atoms with Gasteiger partial charge in [-0.25, -0.2) is 4.98 Å². The fourth-order valence-electron chi connectivity index (χ4n) is 1.81. The van der Waals surface area contributed by atoms with Gasteiger partial charge in [0.15, 0.2) is 6.39 Å². The Labute approximate surface area is 97.0 Å². The number of nitrogens with two attached hydrogens (primary N) is 2. The van der Waals surface area contributed by atoms with Gasteiger partial charge in [-0.2, -0.15) is 0 Å². The number of amides is 2. The fraction of sp³-hybridized carbons (Fsp3) is 0.182. The standard InChI is InChI=1S/C11H11N3O3/c12-9(15)7-2-1-3-11(4-7,10(13)16)8-5-14-6-17-8/h1-3,5-6H,4H2,(H2,12,15)(H2,13,16). The third-order valence-corrected chi connectivity index (χ3v) is 2.78. The van der Waals surface area contributed by atoms with E-state index in [4.69, 9.17) is 15.9 Å². The van der Waals surface area contributed by atoms with Crippen molar-refractivity contribution in [3.8, 4) is 0 Å². The first-order valence-corrected chi connectivity index (χ1v) is 4.93. The van der Waals surface area contributed by atoms with Gasteiger partial charge in [0.2, 0.25) is 11.8 Å². The average molecular weight is 233 g/mol. The molecule has 88 valence electrons. The van der Waals surface area contributed by atoms with Gasteiger partial charge in [0, 0.05) is 12.0 Å². The van der Waals surface area contributed by atoms with Crippen LogP contribution in [0.2, 0.25) is 0 Å². The molecule has 0 radical (unpaired) electrons. The van der Waals surface area contributed by atoms with E-state index in [-0.39, 0.29) is 6.42 Å². The molecule has 0 saturated carbocycles. The van der Waals surface area contributed by atoms with Crippen molar-refractivity contribution >= 4 is 11.8 Å². The highest BCUT2D eigenvalue weighted by atomic mass is 16.3. The normalized spacial score (nSPS) is 23.2. The molecule has 1 aromatic heterocycles. The molecule has 2 rings (SSSR count). The van der Waals surface area contributed by atoms with E-state index >= 15 is 0 Å². The van der Waals surface area contributed by atoms with E-state index in [2.05, 4.69) is 4.98 Å². The maximum absolute atomic E-state index is 11.6. The van der Waals surface area contributed by atoms with E-state index in [1.54, 1.807) is 18.2 Å². The number of nitrogens with zero attached hydrogens (tertiary/aromatic N) is 1. The van der Waals surface area contributed by atoms with E-state index in [1.165, 1.54) is 12.6 Å². The summed E-state index contributed by atoms with van der Waals surface area (Å²) in [6, 6.07) is 0. The second-order valence-corrected chi connectivity index (χ2v) is 3.79. The van der Waals surface area contributed by atoms with Crippen LogP contribution in [0.15, 0.2) is 40.8 Å². The summed E-state index contributed by atoms with van der Waals surface area (Å²) in [5.74, 6) is -0.898. The number of rotatable bonds is 3. The molecule has 0 fully saturated rings. The van der Waals surface area contributed by atoms with Crippen molar-refractivity contribution < 1.29 is 14.0 Å². The highest BCUT2D eigenvalue weighted by Crippen LogP contribution is 2.35. The molecule has 6 nitrogen and oxygen atoms in total. The van der Waals surface area contributed by atoms with Gasteiger partial charge in [0.05, 0.1) is 6.20 Å². The van der Waals surface area contributed by atoms with Crippen molar-refractivity contribution in [2.45, 2.75) is 11.8 Å². The Morgan fingerprint density at radius 3 is 2.71 bits per heavy atom. The van der Waals surface area contributed by atoms with Crippen LogP contribution in [0.4, 0.5) is 0 Å². The summed E-state index contributed by atoms with van der Waals surface area (Å²) in [4.78, 5) is 26.6. The highest BCUT2D eigenvalue weighted by molar-refractivity contribution is 5.97. The van der Waals surface area contributed by atoms with Gasteiger partial charge in [0.25, 0.3) is 0 Å². The Balaban J connectivity index is 2.47. The zero-order valence-electron chi connectivity index (χ0n) is 8.92. The minimum Gasteiger partial charge on any atom is -0.447 e. The van der Waals surface area contributed by atoms with Crippen LogP contribution in [-0.4, -0.2) is 16.8 Å². The summed E-state index contributed by atoms with van der Waals surface area (Å²) >= 11 is 0. The summed E-state index contributed by atoms with van der Waals surface area (Å²) in [7, 11) is 0. The van der Waals surface area contributed by atoms with E-state index in [1.807, 2.05) is 0 Å². The Morgan fingerprint density at radius 1 is 1.41 bits per heavy atom. The van der Waals surface area contributed by atoms with Gasteiger partial charge < -0.3 is 15.9 Å². The van der Waals surface area contributed by atoms with Crippen molar-refractivity contribution in [1.82, 2.24) is 4.98 Å². The molecule has 1 aliphatic carbocycles. The molecule has 0 aliphatic heterocycles. The number of hydrogen-bond acceptors (Lipinski definition) is 4. The molecule has 6 heteroatoms. The highest BCUT2D eigenvalue weighted by Gasteiger charge is 2.42. The second-order valence-electron chi connectivity index (χ2n) is 3.79. The number of oxazole rings is 1. The van der Waals surface area contributed by atoms with Gasteiger partial charge in [-0.3, -0.25) is 9.59 Å². The molecule has 1 unspecified atom stereocenters. The maximum Gasteiger partial charge on any atom is 0.244 e. The third-order valence-electron chi connectivity index (χ3n) is 2.78. The number of primary amides is 2. The SMILES string of the molecule is NC(=O)C1=CC=CC(C(N)=O)(c2cnco2)C1. The topological polar surface area (TPSA) is 112 Å². The van der Waals surface area contributed by atoms with Gasteiger partial charge in [-0.05, 0) is 0 Å². The number of hydrogen-bond donors (Lipinski definition) is 2. The molecule has 4 N–H and O–H groups in total. The van der Waals surface area contributed by atoms with Crippen molar-refractivity contribution in [3.05, 3.63) is 42.2 Å². The Kier molecular flexibility index (Phi) is 2.55. The first-order valence-electron chi connectivity index (χ1n) is 4.93. The summed E-state index contributed by atoms with van der Waals surface area (Å²) in [6.45, 7) is 0. The van der Waals surface area contributed by atoms with Crippen molar-refractivity contribution in [1.29, 1.82) is 0 Å². The predicted molar refractivity (Wildman–Crippen MR) is 58.4 cm³/mol. The van der Waals surface area contributed by atoms with E-state index in [0.717, 1.165) is 0 Å². The molecule has 1 aromatic rings. The molecule has 1 heterocycles. The summed E-state index contributed by atoms with van der Waals surface area (Å²) in [5.41, 5.74) is 9.74. The second kappa shape index (κ2) is 3.89. The third kappa shape index (κ3) is 1.73. The number of allylic oxidation sites excluding steroid dienone is 2. The Hall–Kier alpha value is -2.37. The van der Waals surface area contributed by atoms with E-state index in [0.29, 0.717) is 11.3 Å². The molecule has 17 heavy (non-hydrogen) atoms. The average Bonchev–Trinajstić information content (AvgIpc) is 2.82. The lowest BCUT2D eigenvalue weighted by Crippen LogP contribution is -2.41. The number of carbonyl (C=O) groups is 2. The minimum absolute atomic E-state index is 0.0867. The Bertz CT molecular complexity index is 516. The van der Waals surface area contributed by atoms with Gasteiger partial charge in [-0.15, -0.1) is 0 Å². The molecular formula is C11H11N3O3. The van der Waals surface area contributed by atoms with E-state index in [9.17, 15) is 9.59 Å². The molecule has 2 amide bonds. The smallest absolute Gasteiger partial charge is 0.244 e. The van der Waals surface area contributed by atoms with Crippen LogP contribution in [0.1, 0.15) is 12.2 Å². The van der Waals surface area contributed by atoms with Crippen LogP contribution in [0.3, 0.4) is 0 Å². The molecule has 0 aromatic carbocycles. The van der Waals surface area contributed by atoms with E-state index < -0.39 is 17.2 Å². The quantitative estimate of drug-likeness (QED) is 0.750. The lowest BCUT2D eigenvalue weighted by Gasteiger charge is -2.27. The molecule has 0 bridgehead atoms. The van der Waals surface area contributed by atoms with Crippen LogP contribution in [0, 0.1) is 0 Å². The summed E-state index contributed by atoms with van der Waals surface area (Å²) < 4.78 is 5.12. The van der Waals surface area contributed by atoms with Crippen LogP contribution < -0.4 is 11.5 Å². The summed E-state index contributed by atoms with van der Waals surface area (Å²) in [6.07, 6.45) is 7.40. The zero-order valence-corrected chi connectivity index (χ0v) is 8.92. The molecular weight excluding hydrogens is 222 g/mol. The molecule has 1 aliphatic rings. The first kappa shape index (κ1) is 11.1. The molecule has 0 spiro atoms. The van der Waals surface area contributed by atoms with Crippen LogP contribution >= 0.6 is 0 Å². The molecule has 0 saturated heterocycles. The monoisotopic (exact) mass is 233 g/mol. The van der Waals surface area contributed by atoms with Gasteiger partial charge in [-0.1, -0.05) is 18.2 Å². The first-order chi connectivity index (χ1) is 8.06. The largest absolute Gasteiger partial charge is 0.447 e. The van der Waals surface area contributed by atoms with Crippen molar-refractivity contribution in [2.75, 3.05) is 0 Å². The lowest BCUT2D eigenvalue weighted by atomic mass is 9.75.